The molecule has 3 aromatic rings. The smallest absolute Gasteiger partial charge is 0.300 e. The second kappa shape index (κ2) is 21.9. The maximum Gasteiger partial charge on any atom is 0.300 e. The summed E-state index contributed by atoms with van der Waals surface area (Å²) in [6.07, 6.45) is 6.49. The van der Waals surface area contributed by atoms with Crippen LogP contribution in [0.5, 0.6) is 17.2 Å². The molecule has 2 atom stereocenters. The number of carboxylic acids is 1. The van der Waals surface area contributed by atoms with Gasteiger partial charge in [0.05, 0.1) is 7.11 Å². The lowest BCUT2D eigenvalue weighted by Gasteiger charge is -2.23. The largest absolute Gasteiger partial charge is 0.493 e. The van der Waals surface area contributed by atoms with E-state index in [0.717, 1.165) is 97.6 Å². The van der Waals surface area contributed by atoms with Crippen LogP contribution in [0.4, 0.5) is 5.69 Å². The number of likely N-dealkylation sites (tertiary alicyclic amines) is 1. The minimum atomic E-state index is -0.833. The van der Waals surface area contributed by atoms with E-state index in [1.807, 2.05) is 26.0 Å². The van der Waals surface area contributed by atoms with Crippen molar-refractivity contribution in [1.29, 1.82) is 0 Å². The van der Waals surface area contributed by atoms with E-state index in [9.17, 15) is 9.59 Å². The molecule has 2 heterocycles. The van der Waals surface area contributed by atoms with Gasteiger partial charge in [0.15, 0.2) is 11.5 Å². The van der Waals surface area contributed by atoms with Gasteiger partial charge in [0.1, 0.15) is 5.78 Å². The fourth-order valence-corrected chi connectivity index (χ4v) is 6.23. The van der Waals surface area contributed by atoms with E-state index in [0.29, 0.717) is 24.2 Å². The Morgan fingerprint density at radius 1 is 1.00 bits per heavy atom. The SMILES string of the molecule is CC(=O)O.CCCCC(C)=O.CCN1C[C@H](c2cc(OC)c3c(c2)OCO3)CC1c1ccc(C)cc1.CCc1cc(Cl)cc(CC)c1NC=O. The molecule has 3 aromatic carbocycles. The molecule has 5 rings (SSSR count). The Labute approximate surface area is 303 Å². The number of hydrogen-bond donors (Lipinski definition) is 2. The number of nitrogens with zero attached hydrogens (tertiary/aromatic N) is 1. The Morgan fingerprint density at radius 2 is 1.62 bits per heavy atom. The van der Waals surface area contributed by atoms with Crippen LogP contribution >= 0.6 is 11.6 Å². The first-order valence-electron chi connectivity index (χ1n) is 17.4. The molecule has 50 heavy (non-hydrogen) atoms. The van der Waals surface area contributed by atoms with E-state index in [4.69, 9.17) is 35.7 Å². The first-order chi connectivity index (χ1) is 23.9. The number of nitrogens with one attached hydrogen (secondary N) is 1. The Morgan fingerprint density at radius 3 is 2.10 bits per heavy atom. The van der Waals surface area contributed by atoms with Crippen LogP contribution in [0.2, 0.25) is 5.02 Å². The lowest BCUT2D eigenvalue weighted by atomic mass is 9.93. The number of carbonyl (C=O) groups excluding carboxylic acids is 2. The molecule has 10 heteroatoms. The van der Waals surface area contributed by atoms with Crippen molar-refractivity contribution in [3.05, 3.63) is 81.4 Å². The van der Waals surface area contributed by atoms with Crippen LogP contribution in [0.1, 0.15) is 107 Å². The second-order valence-electron chi connectivity index (χ2n) is 12.3. The van der Waals surface area contributed by atoms with Gasteiger partial charge in [-0.25, -0.2) is 0 Å². The van der Waals surface area contributed by atoms with Crippen molar-refractivity contribution in [3.63, 3.8) is 0 Å². The van der Waals surface area contributed by atoms with Crippen LogP contribution in [0.15, 0.2) is 48.5 Å². The van der Waals surface area contributed by atoms with Gasteiger partial charge < -0.3 is 29.4 Å². The summed E-state index contributed by atoms with van der Waals surface area (Å²) in [4.78, 5) is 32.2. The molecular weight excluding hydrogens is 656 g/mol. The van der Waals surface area contributed by atoms with E-state index in [-0.39, 0.29) is 6.79 Å². The highest BCUT2D eigenvalue weighted by molar-refractivity contribution is 6.30. The van der Waals surface area contributed by atoms with Gasteiger partial charge in [0, 0.05) is 36.6 Å². The van der Waals surface area contributed by atoms with E-state index in [1.54, 1.807) is 14.0 Å². The average Bonchev–Trinajstić information content (AvgIpc) is 3.76. The summed E-state index contributed by atoms with van der Waals surface area (Å²) in [5.74, 6) is 2.24. The molecule has 2 N–H and O–H groups in total. The zero-order valence-corrected chi connectivity index (χ0v) is 31.7. The number of hydrogen-bond acceptors (Lipinski definition) is 7. The maximum atomic E-state index is 10.5. The number of methoxy groups -OCH3 is 1. The van der Waals surface area contributed by atoms with Crippen molar-refractivity contribution in [2.45, 2.75) is 99.0 Å². The molecule has 274 valence electrons. The number of benzene rings is 3. The first kappa shape index (κ1) is 42.1. The number of halogens is 1. The number of ether oxygens (including phenoxy) is 3. The topological polar surface area (TPSA) is 114 Å². The molecule has 2 aliphatic heterocycles. The van der Waals surface area contributed by atoms with Crippen LogP contribution in [0.25, 0.3) is 0 Å². The highest BCUT2D eigenvalue weighted by atomic mass is 35.5. The molecule has 0 aromatic heterocycles. The highest BCUT2D eigenvalue weighted by Gasteiger charge is 2.34. The summed E-state index contributed by atoms with van der Waals surface area (Å²) in [5.41, 5.74) is 7.07. The summed E-state index contributed by atoms with van der Waals surface area (Å²) < 4.78 is 16.6. The summed E-state index contributed by atoms with van der Waals surface area (Å²) in [5, 5.41) is 10.9. The van der Waals surface area contributed by atoms with Crippen LogP contribution in [-0.4, -0.2) is 55.2 Å². The number of rotatable bonds is 11. The molecule has 0 aliphatic carbocycles. The zero-order valence-electron chi connectivity index (χ0n) is 30.9. The second-order valence-corrected chi connectivity index (χ2v) is 12.7. The van der Waals surface area contributed by atoms with Gasteiger partial charge in [-0.05, 0) is 98.5 Å². The molecule has 1 saturated heterocycles. The molecule has 0 bridgehead atoms. The number of fused-ring (bicyclic) bond motifs is 1. The minimum Gasteiger partial charge on any atom is -0.493 e. The molecule has 1 amide bonds. The number of Topliss-reactive ketones (excluding diaryl/α,β-unsaturated/α-hetero) is 1. The van der Waals surface area contributed by atoms with Crippen LogP contribution in [0.3, 0.4) is 0 Å². The molecule has 2 aliphatic rings. The number of aliphatic carboxylic acids is 1. The Bertz CT molecular complexity index is 1500. The standard InChI is InChI=1S/C21H25NO3.C11H14ClNO.C6H12O.C2H4O2/c1-4-22-12-17(9-18(22)15-7-5-14(2)6-8-15)16-10-19(23-3)21-20(11-16)24-13-25-21;1-3-8-5-10(12)6-9(4-2)11(8)13-7-14;1-3-4-5-6(2)7;1-2(3)4/h5-8,10-11,17-18H,4,9,12-13H2,1-3H3;5-7H,3-4H2,1-2H3,(H,13,14);3-5H2,1-2H3;1H3,(H,3,4)/t17-,18?;;;/m1.../s1. The molecule has 1 unspecified atom stereocenters. The van der Waals surface area contributed by atoms with Gasteiger partial charge >= 0.3 is 0 Å². The molecule has 9 nitrogen and oxygen atoms in total. The number of anilines is 1. The van der Waals surface area contributed by atoms with Crippen molar-refractivity contribution in [2.75, 3.05) is 32.3 Å². The number of amides is 1. The molecule has 0 spiro atoms. The van der Waals surface area contributed by atoms with Gasteiger partial charge in [0.25, 0.3) is 5.97 Å². The number of carbonyl (C=O) groups is 3. The number of likely N-dealkylation sites (N-methyl/N-ethyl adjacent to an activating group) is 1. The third-order valence-electron chi connectivity index (χ3n) is 8.54. The van der Waals surface area contributed by atoms with Crippen molar-refractivity contribution in [1.82, 2.24) is 4.90 Å². The third-order valence-corrected chi connectivity index (χ3v) is 8.76. The van der Waals surface area contributed by atoms with Crippen LogP contribution < -0.4 is 19.5 Å². The van der Waals surface area contributed by atoms with Crippen molar-refractivity contribution in [3.8, 4) is 17.2 Å². The number of carboxylic acid groups (broad SMARTS) is 1. The number of aryl methyl sites for hydroxylation is 3. The lowest BCUT2D eigenvalue weighted by molar-refractivity contribution is -0.134. The van der Waals surface area contributed by atoms with Crippen molar-refractivity contribution >= 4 is 35.5 Å². The quantitative estimate of drug-likeness (QED) is 0.189. The lowest BCUT2D eigenvalue weighted by Crippen LogP contribution is -2.23. The monoisotopic (exact) mass is 710 g/mol. The fourth-order valence-electron chi connectivity index (χ4n) is 5.97. The Balaban J connectivity index is 0.000000291. The zero-order chi connectivity index (χ0) is 37.2. The van der Waals surface area contributed by atoms with Crippen LogP contribution in [0, 0.1) is 6.92 Å². The van der Waals surface area contributed by atoms with Crippen molar-refractivity contribution < 1.29 is 33.7 Å². The predicted molar refractivity (Wildman–Crippen MR) is 201 cm³/mol. The van der Waals surface area contributed by atoms with Crippen LogP contribution in [-0.2, 0) is 27.2 Å². The first-order valence-corrected chi connectivity index (χ1v) is 17.8. The van der Waals surface area contributed by atoms with Gasteiger partial charge in [-0.3, -0.25) is 14.5 Å². The predicted octanol–water partition coefficient (Wildman–Crippen LogP) is 9.17. The normalized spacial score (nSPS) is 15.7. The van der Waals surface area contributed by atoms with E-state index >= 15 is 0 Å². The minimum absolute atomic E-state index is 0.271. The van der Waals surface area contributed by atoms with E-state index < -0.39 is 5.97 Å². The molecule has 1 fully saturated rings. The van der Waals surface area contributed by atoms with E-state index in [2.05, 4.69) is 67.4 Å². The number of ketones is 1. The third kappa shape index (κ3) is 13.0. The Hall–Kier alpha value is -4.08. The Kier molecular flexibility index (Phi) is 18.4. The summed E-state index contributed by atoms with van der Waals surface area (Å²) in [6, 6.07) is 17.5. The van der Waals surface area contributed by atoms with Gasteiger partial charge in [-0.2, -0.15) is 0 Å². The van der Waals surface area contributed by atoms with Gasteiger partial charge in [-0.1, -0.05) is 75.5 Å². The van der Waals surface area contributed by atoms with Gasteiger partial charge in [-0.15, -0.1) is 0 Å². The van der Waals surface area contributed by atoms with E-state index in [1.165, 1.54) is 16.7 Å². The summed E-state index contributed by atoms with van der Waals surface area (Å²) in [7, 11) is 1.68. The summed E-state index contributed by atoms with van der Waals surface area (Å²) in [6.45, 7) is 15.6. The van der Waals surface area contributed by atoms with Crippen molar-refractivity contribution in [2.24, 2.45) is 0 Å². The van der Waals surface area contributed by atoms with Gasteiger partial charge in [0.2, 0.25) is 19.0 Å². The summed E-state index contributed by atoms with van der Waals surface area (Å²) >= 11 is 5.96. The average molecular weight is 711 g/mol. The molecule has 0 radical (unpaired) electrons. The highest BCUT2D eigenvalue weighted by Crippen LogP contribution is 2.47. The maximum absolute atomic E-state index is 10.5. The molecule has 0 saturated carbocycles. The number of unbranched alkanes of at least 4 members (excludes halogenated alkanes) is 1. The fraction of sp³-hybridized carbons (Fsp3) is 0.475. The molecular formula is C40H55ClN2O7.